The van der Waals surface area contributed by atoms with Crippen LogP contribution in [0.2, 0.25) is 0 Å². The molecule has 16 heavy (non-hydrogen) atoms. The van der Waals surface area contributed by atoms with Crippen LogP contribution in [0.3, 0.4) is 0 Å². The van der Waals surface area contributed by atoms with Crippen LogP contribution >= 0.6 is 0 Å². The third-order valence-corrected chi connectivity index (χ3v) is 2.36. The Morgan fingerprint density at radius 3 is 2.44 bits per heavy atom. The number of nitrogens with zero attached hydrogens (tertiary/aromatic N) is 1. The molecular formula is C13H19NO2. The topological polar surface area (TPSA) is 40.5 Å². The number of Topliss-reactive ketones (excluding diaryl/α,β-unsaturated/α-hetero) is 1. The average molecular weight is 221 g/mol. The van der Waals surface area contributed by atoms with E-state index >= 15 is 0 Å². The number of rotatable bonds is 5. The molecule has 1 rings (SSSR count). The minimum atomic E-state index is -0.407. The van der Waals surface area contributed by atoms with E-state index in [4.69, 9.17) is 0 Å². The molecule has 0 saturated heterocycles. The lowest BCUT2D eigenvalue weighted by molar-refractivity contribution is 0.0901. The van der Waals surface area contributed by atoms with Crippen molar-refractivity contribution < 1.29 is 9.90 Å². The first-order valence-electron chi connectivity index (χ1n) is 5.45. The monoisotopic (exact) mass is 221 g/mol. The van der Waals surface area contributed by atoms with Crippen LogP contribution in [0.5, 0.6) is 0 Å². The summed E-state index contributed by atoms with van der Waals surface area (Å²) < 4.78 is 0. The van der Waals surface area contributed by atoms with Crippen molar-refractivity contribution in [2.45, 2.75) is 20.0 Å². The van der Waals surface area contributed by atoms with Gasteiger partial charge in [0.2, 0.25) is 0 Å². The van der Waals surface area contributed by atoms with Gasteiger partial charge in [-0.2, -0.15) is 0 Å². The molecule has 0 spiro atoms. The first kappa shape index (κ1) is 12.9. The van der Waals surface area contributed by atoms with Crippen LogP contribution in [0.4, 0.5) is 0 Å². The Morgan fingerprint density at radius 1 is 1.38 bits per heavy atom. The van der Waals surface area contributed by atoms with E-state index in [-0.39, 0.29) is 5.78 Å². The molecule has 3 nitrogen and oxygen atoms in total. The third-order valence-electron chi connectivity index (χ3n) is 2.36. The highest BCUT2D eigenvalue weighted by molar-refractivity contribution is 5.97. The molecule has 1 N–H and O–H groups in total. The Balaban J connectivity index is 2.55. The normalized spacial score (nSPS) is 12.8. The van der Waals surface area contributed by atoms with Crippen molar-refractivity contribution in [2.75, 3.05) is 20.1 Å². The van der Waals surface area contributed by atoms with E-state index in [9.17, 15) is 9.90 Å². The van der Waals surface area contributed by atoms with Crippen molar-refractivity contribution >= 4 is 5.78 Å². The summed E-state index contributed by atoms with van der Waals surface area (Å²) >= 11 is 0. The van der Waals surface area contributed by atoms with Crippen LogP contribution < -0.4 is 0 Å². The van der Waals surface area contributed by atoms with Gasteiger partial charge in [0, 0.05) is 12.1 Å². The zero-order valence-corrected chi connectivity index (χ0v) is 10.1. The van der Waals surface area contributed by atoms with E-state index in [1.807, 2.05) is 43.1 Å². The summed E-state index contributed by atoms with van der Waals surface area (Å²) in [6.07, 6.45) is -0.407. The smallest absolute Gasteiger partial charge is 0.176 e. The average Bonchev–Trinajstić information content (AvgIpc) is 2.16. The highest BCUT2D eigenvalue weighted by Crippen LogP contribution is 2.04. The van der Waals surface area contributed by atoms with Gasteiger partial charge in [-0.25, -0.2) is 0 Å². The molecule has 0 aliphatic rings. The van der Waals surface area contributed by atoms with E-state index in [0.29, 0.717) is 13.1 Å². The van der Waals surface area contributed by atoms with Gasteiger partial charge in [0.25, 0.3) is 0 Å². The molecule has 0 aliphatic carbocycles. The molecule has 1 aromatic rings. The SMILES string of the molecule is Cc1ccc(C(=O)CN(C)CC(C)O)cc1. The van der Waals surface area contributed by atoms with Crippen molar-refractivity contribution in [1.82, 2.24) is 4.90 Å². The van der Waals surface area contributed by atoms with Crippen LogP contribution in [-0.4, -0.2) is 42.0 Å². The lowest BCUT2D eigenvalue weighted by Gasteiger charge is -2.17. The fraction of sp³-hybridized carbons (Fsp3) is 0.462. The summed E-state index contributed by atoms with van der Waals surface area (Å²) in [5, 5.41) is 9.19. The first-order chi connectivity index (χ1) is 7.49. The summed E-state index contributed by atoms with van der Waals surface area (Å²) in [6.45, 7) is 4.56. The Labute approximate surface area is 96.7 Å². The molecule has 0 aromatic heterocycles. The van der Waals surface area contributed by atoms with E-state index in [0.717, 1.165) is 11.1 Å². The number of hydrogen-bond donors (Lipinski definition) is 1. The molecule has 0 heterocycles. The number of aryl methyl sites for hydroxylation is 1. The predicted octanol–water partition coefficient (Wildman–Crippen LogP) is 1.49. The van der Waals surface area contributed by atoms with Gasteiger partial charge < -0.3 is 5.11 Å². The maximum Gasteiger partial charge on any atom is 0.176 e. The molecule has 0 fully saturated rings. The fourth-order valence-corrected chi connectivity index (χ4v) is 1.59. The molecule has 3 heteroatoms. The number of likely N-dealkylation sites (N-methyl/N-ethyl adjacent to an activating group) is 1. The highest BCUT2D eigenvalue weighted by Gasteiger charge is 2.10. The lowest BCUT2D eigenvalue weighted by atomic mass is 10.1. The van der Waals surface area contributed by atoms with Gasteiger partial charge in [-0.15, -0.1) is 0 Å². The van der Waals surface area contributed by atoms with Gasteiger partial charge in [0.15, 0.2) is 5.78 Å². The van der Waals surface area contributed by atoms with Gasteiger partial charge in [-0.1, -0.05) is 29.8 Å². The second-order valence-corrected chi connectivity index (χ2v) is 4.33. The maximum atomic E-state index is 11.8. The Kier molecular flexibility index (Phi) is 4.65. The van der Waals surface area contributed by atoms with Crippen LogP contribution in [-0.2, 0) is 0 Å². The van der Waals surface area contributed by atoms with Gasteiger partial charge in [0.05, 0.1) is 12.6 Å². The molecule has 0 bridgehead atoms. The number of benzene rings is 1. The molecule has 1 atom stereocenters. The quantitative estimate of drug-likeness (QED) is 0.766. The first-order valence-corrected chi connectivity index (χ1v) is 5.45. The summed E-state index contributed by atoms with van der Waals surface area (Å²) in [7, 11) is 1.83. The fourth-order valence-electron chi connectivity index (χ4n) is 1.59. The molecule has 88 valence electrons. The van der Waals surface area contributed by atoms with Gasteiger partial charge in [0.1, 0.15) is 0 Å². The zero-order chi connectivity index (χ0) is 12.1. The number of ketones is 1. The number of aliphatic hydroxyl groups is 1. The van der Waals surface area contributed by atoms with Crippen LogP contribution in [0.1, 0.15) is 22.8 Å². The molecule has 1 aromatic carbocycles. The number of aliphatic hydroxyl groups excluding tert-OH is 1. The summed E-state index contributed by atoms with van der Waals surface area (Å²) in [4.78, 5) is 13.7. The van der Waals surface area contributed by atoms with E-state index in [1.165, 1.54) is 0 Å². The largest absolute Gasteiger partial charge is 0.392 e. The van der Waals surface area contributed by atoms with Crippen molar-refractivity contribution in [2.24, 2.45) is 0 Å². The van der Waals surface area contributed by atoms with Crippen LogP contribution in [0.15, 0.2) is 24.3 Å². The standard InChI is InChI=1S/C13H19NO2/c1-10-4-6-12(7-5-10)13(16)9-14(3)8-11(2)15/h4-7,11,15H,8-9H2,1-3H3. The van der Waals surface area contributed by atoms with Crippen molar-refractivity contribution in [3.8, 4) is 0 Å². The predicted molar refractivity (Wildman–Crippen MR) is 64.7 cm³/mol. The second kappa shape index (κ2) is 5.77. The van der Waals surface area contributed by atoms with Crippen molar-refractivity contribution in [3.63, 3.8) is 0 Å². The number of hydrogen-bond acceptors (Lipinski definition) is 3. The molecule has 0 saturated carbocycles. The highest BCUT2D eigenvalue weighted by atomic mass is 16.3. The zero-order valence-electron chi connectivity index (χ0n) is 10.1. The summed E-state index contributed by atoms with van der Waals surface area (Å²) in [5.41, 5.74) is 1.87. The molecule has 1 unspecified atom stereocenters. The number of carbonyl (C=O) groups excluding carboxylic acids is 1. The summed E-state index contributed by atoms with van der Waals surface area (Å²) in [6, 6.07) is 7.55. The third kappa shape index (κ3) is 4.13. The van der Waals surface area contributed by atoms with E-state index in [1.54, 1.807) is 6.92 Å². The minimum absolute atomic E-state index is 0.0863. The van der Waals surface area contributed by atoms with E-state index in [2.05, 4.69) is 0 Å². The van der Waals surface area contributed by atoms with Crippen LogP contribution in [0, 0.1) is 6.92 Å². The maximum absolute atomic E-state index is 11.8. The van der Waals surface area contributed by atoms with Gasteiger partial charge in [-0.05, 0) is 20.9 Å². The van der Waals surface area contributed by atoms with E-state index < -0.39 is 6.10 Å². The summed E-state index contributed by atoms with van der Waals surface area (Å²) in [5.74, 6) is 0.0863. The molecule has 0 radical (unpaired) electrons. The van der Waals surface area contributed by atoms with Crippen molar-refractivity contribution in [1.29, 1.82) is 0 Å². The molecule has 0 amide bonds. The Hall–Kier alpha value is -1.19. The molecular weight excluding hydrogens is 202 g/mol. The second-order valence-electron chi connectivity index (χ2n) is 4.33. The minimum Gasteiger partial charge on any atom is -0.392 e. The van der Waals surface area contributed by atoms with Crippen LogP contribution in [0.25, 0.3) is 0 Å². The lowest BCUT2D eigenvalue weighted by Crippen LogP contribution is -2.32. The Bertz CT molecular complexity index is 343. The Morgan fingerprint density at radius 2 is 1.94 bits per heavy atom. The molecule has 0 aliphatic heterocycles. The van der Waals surface area contributed by atoms with Gasteiger partial charge in [-0.3, -0.25) is 9.69 Å². The number of carbonyl (C=O) groups is 1. The van der Waals surface area contributed by atoms with Crippen molar-refractivity contribution in [3.05, 3.63) is 35.4 Å². The van der Waals surface area contributed by atoms with Gasteiger partial charge >= 0.3 is 0 Å².